The molecule has 2 heterocycles. The lowest BCUT2D eigenvalue weighted by Crippen LogP contribution is -2.46. The average molecular weight is 424 g/mol. The number of carbonyl (C=O) groups is 2. The fourth-order valence-corrected chi connectivity index (χ4v) is 4.27. The van der Waals surface area contributed by atoms with Crippen molar-refractivity contribution in [2.45, 2.75) is 26.7 Å². The van der Waals surface area contributed by atoms with Gasteiger partial charge in [-0.05, 0) is 44.5 Å². The summed E-state index contributed by atoms with van der Waals surface area (Å²) in [5.41, 5.74) is 0.488. The Morgan fingerprint density at radius 2 is 1.93 bits per heavy atom. The van der Waals surface area contributed by atoms with Crippen molar-refractivity contribution in [1.82, 2.24) is 15.1 Å². The first kappa shape index (κ1) is 21.7. The van der Waals surface area contributed by atoms with E-state index in [1.807, 2.05) is 14.1 Å². The number of amides is 2. The van der Waals surface area contributed by atoms with Crippen LogP contribution in [0.1, 0.15) is 37.0 Å². The molecule has 1 aromatic rings. The molecule has 2 aliphatic heterocycles. The number of likely N-dealkylation sites (tertiary alicyclic amines) is 1. The molecule has 0 atom stereocenters. The predicted molar refractivity (Wildman–Crippen MR) is 112 cm³/mol. The van der Waals surface area contributed by atoms with Crippen molar-refractivity contribution in [3.05, 3.63) is 22.7 Å². The maximum absolute atomic E-state index is 12.9. The predicted octanol–water partition coefficient (Wildman–Crippen LogP) is 2.62. The second-order valence-electron chi connectivity index (χ2n) is 8.88. The number of nitrogens with one attached hydrogen (secondary N) is 1. The minimum atomic E-state index is -0.101. The van der Waals surface area contributed by atoms with E-state index >= 15 is 0 Å². The van der Waals surface area contributed by atoms with Gasteiger partial charge in [-0.25, -0.2) is 0 Å². The standard InChI is InChI=1S/C21H30ClN3O4/c1-21(2,12-24(3)4)11-23-19(26)14-5-7-25(8-6-14)20(27)15-9-16(22)18-17(10-15)28-13-29-18/h9-10,14H,5-8,11-13H2,1-4H3,(H,23,26). The topological polar surface area (TPSA) is 71.1 Å². The highest BCUT2D eigenvalue weighted by atomic mass is 35.5. The minimum Gasteiger partial charge on any atom is -0.454 e. The van der Waals surface area contributed by atoms with Crippen molar-refractivity contribution in [2.75, 3.05) is 47.1 Å². The monoisotopic (exact) mass is 423 g/mol. The van der Waals surface area contributed by atoms with E-state index in [-0.39, 0.29) is 29.9 Å². The van der Waals surface area contributed by atoms with Crippen LogP contribution in [0.4, 0.5) is 0 Å². The Kier molecular flexibility index (Phi) is 6.58. The third kappa shape index (κ3) is 5.34. The highest BCUT2D eigenvalue weighted by molar-refractivity contribution is 6.32. The summed E-state index contributed by atoms with van der Waals surface area (Å²) in [5.74, 6) is 0.895. The number of hydrogen-bond acceptors (Lipinski definition) is 5. The fraction of sp³-hybridized carbons (Fsp3) is 0.619. The molecule has 0 bridgehead atoms. The summed E-state index contributed by atoms with van der Waals surface area (Å²) >= 11 is 6.19. The van der Waals surface area contributed by atoms with Gasteiger partial charge in [0, 0.05) is 37.7 Å². The molecule has 0 radical (unpaired) electrons. The number of rotatable bonds is 6. The van der Waals surface area contributed by atoms with E-state index in [0.29, 0.717) is 54.6 Å². The van der Waals surface area contributed by atoms with Crippen molar-refractivity contribution < 1.29 is 19.1 Å². The summed E-state index contributed by atoms with van der Waals surface area (Å²) in [4.78, 5) is 29.3. The molecule has 29 heavy (non-hydrogen) atoms. The molecule has 8 heteroatoms. The third-order valence-electron chi connectivity index (χ3n) is 5.31. The van der Waals surface area contributed by atoms with Crippen LogP contribution in [0.3, 0.4) is 0 Å². The van der Waals surface area contributed by atoms with Gasteiger partial charge in [-0.3, -0.25) is 9.59 Å². The minimum absolute atomic E-state index is 0.00838. The van der Waals surface area contributed by atoms with Crippen molar-refractivity contribution >= 4 is 23.4 Å². The van der Waals surface area contributed by atoms with Gasteiger partial charge in [0.2, 0.25) is 12.7 Å². The molecule has 160 valence electrons. The molecule has 3 rings (SSSR count). The van der Waals surface area contributed by atoms with Crippen LogP contribution in [-0.4, -0.2) is 68.7 Å². The van der Waals surface area contributed by atoms with Crippen LogP contribution in [0.15, 0.2) is 12.1 Å². The summed E-state index contributed by atoms with van der Waals surface area (Å²) in [6.45, 7) is 7.03. The van der Waals surface area contributed by atoms with Crippen LogP contribution in [-0.2, 0) is 4.79 Å². The third-order valence-corrected chi connectivity index (χ3v) is 5.59. The lowest BCUT2D eigenvalue weighted by molar-refractivity contribution is -0.126. The Bertz CT molecular complexity index is 773. The summed E-state index contributed by atoms with van der Waals surface area (Å²) in [7, 11) is 4.06. The van der Waals surface area contributed by atoms with Crippen molar-refractivity contribution in [1.29, 1.82) is 0 Å². The number of nitrogens with zero attached hydrogens (tertiary/aromatic N) is 2. The molecule has 0 aromatic heterocycles. The normalized spacial score (nSPS) is 17.0. The Balaban J connectivity index is 1.52. The van der Waals surface area contributed by atoms with E-state index in [4.69, 9.17) is 21.1 Å². The van der Waals surface area contributed by atoms with Gasteiger partial charge < -0.3 is 24.6 Å². The van der Waals surface area contributed by atoms with Crippen molar-refractivity contribution in [3.8, 4) is 11.5 Å². The highest BCUT2D eigenvalue weighted by Gasteiger charge is 2.30. The first-order chi connectivity index (χ1) is 13.7. The molecule has 0 unspecified atom stereocenters. The second kappa shape index (κ2) is 8.79. The van der Waals surface area contributed by atoms with Gasteiger partial charge in [0.1, 0.15) is 0 Å². The Labute approximate surface area is 177 Å². The van der Waals surface area contributed by atoms with E-state index in [2.05, 4.69) is 24.1 Å². The summed E-state index contributed by atoms with van der Waals surface area (Å²) in [6, 6.07) is 3.28. The number of ether oxygens (including phenoxy) is 2. The summed E-state index contributed by atoms with van der Waals surface area (Å²) in [5, 5.41) is 3.47. The summed E-state index contributed by atoms with van der Waals surface area (Å²) < 4.78 is 10.6. The lowest BCUT2D eigenvalue weighted by Gasteiger charge is -2.33. The number of halogens is 1. The second-order valence-corrected chi connectivity index (χ2v) is 9.29. The van der Waals surface area contributed by atoms with Crippen LogP contribution in [0, 0.1) is 11.3 Å². The molecule has 0 aliphatic carbocycles. The maximum atomic E-state index is 12.9. The van der Waals surface area contributed by atoms with E-state index < -0.39 is 0 Å². The summed E-state index contributed by atoms with van der Waals surface area (Å²) in [6.07, 6.45) is 1.31. The van der Waals surface area contributed by atoms with Gasteiger partial charge in [0.05, 0.1) is 5.02 Å². The number of benzene rings is 1. The van der Waals surface area contributed by atoms with Gasteiger partial charge in [-0.1, -0.05) is 25.4 Å². The molecular weight excluding hydrogens is 394 g/mol. The molecule has 7 nitrogen and oxygen atoms in total. The molecule has 2 aliphatic rings. The molecule has 1 N–H and O–H groups in total. The first-order valence-corrected chi connectivity index (χ1v) is 10.3. The Hall–Kier alpha value is -1.99. The van der Waals surface area contributed by atoms with Crippen LogP contribution in [0.2, 0.25) is 5.02 Å². The van der Waals surface area contributed by atoms with Crippen molar-refractivity contribution in [3.63, 3.8) is 0 Å². The fourth-order valence-electron chi connectivity index (χ4n) is 4.00. The number of fused-ring (bicyclic) bond motifs is 1. The van der Waals surface area contributed by atoms with Gasteiger partial charge in [-0.2, -0.15) is 0 Å². The van der Waals surface area contributed by atoms with E-state index in [9.17, 15) is 9.59 Å². The zero-order valence-corrected chi connectivity index (χ0v) is 18.3. The van der Waals surface area contributed by atoms with Crippen molar-refractivity contribution in [2.24, 2.45) is 11.3 Å². The van der Waals surface area contributed by atoms with Gasteiger partial charge in [0.25, 0.3) is 5.91 Å². The smallest absolute Gasteiger partial charge is 0.254 e. The first-order valence-electron chi connectivity index (χ1n) is 9.97. The maximum Gasteiger partial charge on any atom is 0.254 e. The molecule has 1 saturated heterocycles. The van der Waals surface area contributed by atoms with Gasteiger partial charge >= 0.3 is 0 Å². The van der Waals surface area contributed by atoms with E-state index in [1.54, 1.807) is 17.0 Å². The molecule has 0 spiro atoms. The SMILES string of the molecule is CN(C)CC(C)(C)CNC(=O)C1CCN(C(=O)c2cc(Cl)c3c(c2)OCO3)CC1. The molecule has 1 aromatic carbocycles. The Morgan fingerprint density at radius 1 is 1.24 bits per heavy atom. The molecule has 1 fully saturated rings. The Morgan fingerprint density at radius 3 is 2.59 bits per heavy atom. The van der Waals surface area contributed by atoms with Gasteiger partial charge in [-0.15, -0.1) is 0 Å². The van der Waals surface area contributed by atoms with Crippen LogP contribution in [0.5, 0.6) is 11.5 Å². The number of carbonyl (C=O) groups excluding carboxylic acids is 2. The quantitative estimate of drug-likeness (QED) is 0.761. The molecular formula is C21H30ClN3O4. The van der Waals surface area contributed by atoms with Crippen LogP contribution < -0.4 is 14.8 Å². The molecule has 2 amide bonds. The van der Waals surface area contributed by atoms with E-state index in [1.165, 1.54) is 0 Å². The van der Waals surface area contributed by atoms with E-state index in [0.717, 1.165) is 6.54 Å². The zero-order valence-electron chi connectivity index (χ0n) is 17.6. The largest absolute Gasteiger partial charge is 0.454 e. The van der Waals surface area contributed by atoms with Crippen LogP contribution in [0.25, 0.3) is 0 Å². The zero-order chi connectivity index (χ0) is 21.2. The lowest BCUT2D eigenvalue weighted by atomic mass is 9.91. The highest BCUT2D eigenvalue weighted by Crippen LogP contribution is 2.40. The van der Waals surface area contributed by atoms with Crippen LogP contribution >= 0.6 is 11.6 Å². The number of piperidine rings is 1. The number of hydrogen-bond donors (Lipinski definition) is 1. The molecule has 0 saturated carbocycles. The average Bonchev–Trinajstić information content (AvgIpc) is 3.14. The van der Waals surface area contributed by atoms with Gasteiger partial charge in [0.15, 0.2) is 11.5 Å².